The molecule has 2 aromatic rings. The molecule has 0 spiro atoms. The molecule has 2 aliphatic heterocycles. The number of nitrogens with zero attached hydrogens (tertiary/aromatic N) is 1. The molecule has 0 bridgehead atoms. The molecule has 2 unspecified atom stereocenters. The molecule has 3 heteroatoms. The Hall–Kier alpha value is -1.87. The maximum absolute atomic E-state index is 14.3. The van der Waals surface area contributed by atoms with Crippen LogP contribution < -0.4 is 4.74 Å². The molecule has 1 saturated heterocycles. The van der Waals surface area contributed by atoms with Gasteiger partial charge in [-0.1, -0.05) is 43.3 Å². The van der Waals surface area contributed by atoms with Gasteiger partial charge in [-0.05, 0) is 17.7 Å². The van der Waals surface area contributed by atoms with Crippen LogP contribution in [0, 0.1) is 11.2 Å². The molecule has 2 aromatic carbocycles. The third-order valence-electron chi connectivity index (χ3n) is 5.03. The summed E-state index contributed by atoms with van der Waals surface area (Å²) in [4.78, 5) is 2.42. The molecule has 0 aliphatic carbocycles. The van der Waals surface area contributed by atoms with Crippen LogP contribution in [0.4, 0.5) is 4.39 Å². The van der Waals surface area contributed by atoms with Gasteiger partial charge in [-0.3, -0.25) is 4.90 Å². The SMILES string of the molecule is CC12COc3cccc(F)c3C1CN(Cc1ccccc1)C2. The fourth-order valence-corrected chi connectivity index (χ4v) is 3.94. The van der Waals surface area contributed by atoms with E-state index in [1.807, 2.05) is 12.1 Å². The highest BCUT2D eigenvalue weighted by Gasteiger charge is 2.48. The lowest BCUT2D eigenvalue weighted by atomic mass is 9.74. The minimum absolute atomic E-state index is 0.00995. The van der Waals surface area contributed by atoms with Crippen molar-refractivity contribution in [2.75, 3.05) is 19.7 Å². The average molecular weight is 297 g/mol. The van der Waals surface area contributed by atoms with E-state index < -0.39 is 0 Å². The third-order valence-corrected chi connectivity index (χ3v) is 5.03. The number of fused-ring (bicyclic) bond motifs is 3. The Kier molecular flexibility index (Phi) is 3.19. The van der Waals surface area contributed by atoms with E-state index in [2.05, 4.69) is 36.1 Å². The Morgan fingerprint density at radius 3 is 2.82 bits per heavy atom. The van der Waals surface area contributed by atoms with E-state index in [4.69, 9.17) is 4.74 Å². The highest BCUT2D eigenvalue weighted by Crippen LogP contribution is 2.50. The van der Waals surface area contributed by atoms with Crippen LogP contribution in [0.25, 0.3) is 0 Å². The van der Waals surface area contributed by atoms with Crippen LogP contribution in [0.3, 0.4) is 0 Å². The number of hydrogen-bond donors (Lipinski definition) is 0. The van der Waals surface area contributed by atoms with Crippen LogP contribution in [0.2, 0.25) is 0 Å². The van der Waals surface area contributed by atoms with Crippen LogP contribution in [-0.4, -0.2) is 24.6 Å². The first-order valence-corrected chi connectivity index (χ1v) is 7.83. The zero-order valence-electron chi connectivity index (χ0n) is 12.8. The molecule has 2 atom stereocenters. The van der Waals surface area contributed by atoms with E-state index in [1.165, 1.54) is 5.56 Å². The summed E-state index contributed by atoms with van der Waals surface area (Å²) in [6.07, 6.45) is 0. The van der Waals surface area contributed by atoms with E-state index in [0.717, 1.165) is 30.9 Å². The van der Waals surface area contributed by atoms with E-state index in [1.54, 1.807) is 12.1 Å². The summed E-state index contributed by atoms with van der Waals surface area (Å²) in [6.45, 7) is 5.64. The number of rotatable bonds is 2. The van der Waals surface area contributed by atoms with Crippen molar-refractivity contribution < 1.29 is 9.13 Å². The largest absolute Gasteiger partial charge is 0.493 e. The first kappa shape index (κ1) is 13.8. The summed E-state index contributed by atoms with van der Waals surface area (Å²) >= 11 is 0. The Morgan fingerprint density at radius 2 is 2.00 bits per heavy atom. The zero-order valence-corrected chi connectivity index (χ0v) is 12.8. The average Bonchev–Trinajstić information content (AvgIpc) is 2.84. The fourth-order valence-electron chi connectivity index (χ4n) is 3.94. The van der Waals surface area contributed by atoms with Gasteiger partial charge in [-0.15, -0.1) is 0 Å². The van der Waals surface area contributed by atoms with Gasteiger partial charge < -0.3 is 4.74 Å². The van der Waals surface area contributed by atoms with Crippen LogP contribution in [-0.2, 0) is 6.54 Å². The van der Waals surface area contributed by atoms with Gasteiger partial charge in [0.25, 0.3) is 0 Å². The normalized spacial score (nSPS) is 27.1. The van der Waals surface area contributed by atoms with Crippen molar-refractivity contribution in [2.45, 2.75) is 19.4 Å². The Morgan fingerprint density at radius 1 is 1.18 bits per heavy atom. The monoisotopic (exact) mass is 297 g/mol. The predicted octanol–water partition coefficient (Wildman–Crippen LogP) is 3.82. The predicted molar refractivity (Wildman–Crippen MR) is 84.5 cm³/mol. The molecule has 22 heavy (non-hydrogen) atoms. The van der Waals surface area contributed by atoms with Gasteiger partial charge in [-0.2, -0.15) is 0 Å². The standard InChI is InChI=1S/C19H20FNO/c1-19-12-21(10-14-6-3-2-4-7-14)11-15(19)18-16(20)8-5-9-17(18)22-13-19/h2-9,15H,10-13H2,1H3. The molecule has 0 radical (unpaired) electrons. The van der Waals surface area contributed by atoms with Crippen LogP contribution >= 0.6 is 0 Å². The fraction of sp³-hybridized carbons (Fsp3) is 0.368. The highest BCUT2D eigenvalue weighted by atomic mass is 19.1. The van der Waals surface area contributed by atoms with Crippen molar-refractivity contribution in [3.05, 3.63) is 65.5 Å². The topological polar surface area (TPSA) is 12.5 Å². The molecule has 2 heterocycles. The summed E-state index contributed by atoms with van der Waals surface area (Å²) in [5.74, 6) is 0.806. The minimum atomic E-state index is -0.130. The van der Waals surface area contributed by atoms with Crippen molar-refractivity contribution in [1.29, 1.82) is 0 Å². The summed E-state index contributed by atoms with van der Waals surface area (Å²) in [5, 5.41) is 0. The Balaban J connectivity index is 1.62. The third kappa shape index (κ3) is 2.20. The second kappa shape index (κ2) is 5.10. The molecule has 1 fully saturated rings. The molecular formula is C19H20FNO. The maximum Gasteiger partial charge on any atom is 0.130 e. The van der Waals surface area contributed by atoms with Crippen molar-refractivity contribution in [3.63, 3.8) is 0 Å². The molecule has 2 nitrogen and oxygen atoms in total. The molecule has 0 saturated carbocycles. The molecule has 0 aromatic heterocycles. The molecule has 114 valence electrons. The van der Waals surface area contributed by atoms with Crippen LogP contribution in [0.1, 0.15) is 24.0 Å². The van der Waals surface area contributed by atoms with E-state index >= 15 is 0 Å². The first-order chi connectivity index (χ1) is 10.7. The summed E-state index contributed by atoms with van der Waals surface area (Å²) in [6, 6.07) is 15.6. The lowest BCUT2D eigenvalue weighted by Gasteiger charge is -2.36. The van der Waals surface area contributed by atoms with Gasteiger partial charge in [0.2, 0.25) is 0 Å². The number of ether oxygens (including phenoxy) is 1. The van der Waals surface area contributed by atoms with Gasteiger partial charge >= 0.3 is 0 Å². The zero-order chi connectivity index (χ0) is 15.2. The van der Waals surface area contributed by atoms with Gasteiger partial charge in [0.05, 0.1) is 6.61 Å². The van der Waals surface area contributed by atoms with Crippen molar-refractivity contribution in [2.24, 2.45) is 5.41 Å². The van der Waals surface area contributed by atoms with E-state index in [9.17, 15) is 4.39 Å². The number of halogens is 1. The highest BCUT2D eigenvalue weighted by molar-refractivity contribution is 5.42. The maximum atomic E-state index is 14.3. The second-order valence-corrected chi connectivity index (χ2v) is 6.80. The smallest absolute Gasteiger partial charge is 0.130 e. The molecule has 0 amide bonds. The molecule has 2 aliphatic rings. The summed E-state index contributed by atoms with van der Waals surface area (Å²) in [7, 11) is 0. The summed E-state index contributed by atoms with van der Waals surface area (Å²) in [5.41, 5.74) is 2.07. The molecule has 0 N–H and O–H groups in total. The Labute approximate surface area is 130 Å². The van der Waals surface area contributed by atoms with Gasteiger partial charge in [-0.25, -0.2) is 4.39 Å². The summed E-state index contributed by atoms with van der Waals surface area (Å²) < 4.78 is 20.2. The van der Waals surface area contributed by atoms with Gasteiger partial charge in [0.15, 0.2) is 0 Å². The van der Waals surface area contributed by atoms with Crippen LogP contribution in [0.5, 0.6) is 5.75 Å². The van der Waals surface area contributed by atoms with Gasteiger partial charge in [0, 0.05) is 36.5 Å². The second-order valence-electron chi connectivity index (χ2n) is 6.80. The number of hydrogen-bond acceptors (Lipinski definition) is 2. The first-order valence-electron chi connectivity index (χ1n) is 7.83. The number of benzene rings is 2. The van der Waals surface area contributed by atoms with Crippen molar-refractivity contribution in [3.8, 4) is 5.75 Å². The van der Waals surface area contributed by atoms with Gasteiger partial charge in [0.1, 0.15) is 11.6 Å². The lowest BCUT2D eigenvalue weighted by molar-refractivity contribution is 0.125. The molecule has 4 rings (SSSR count). The van der Waals surface area contributed by atoms with Crippen LogP contribution in [0.15, 0.2) is 48.5 Å². The van der Waals surface area contributed by atoms with Crippen molar-refractivity contribution >= 4 is 0 Å². The number of likely N-dealkylation sites (tertiary alicyclic amines) is 1. The van der Waals surface area contributed by atoms with E-state index in [0.29, 0.717) is 6.61 Å². The Bertz CT molecular complexity index is 687. The minimum Gasteiger partial charge on any atom is -0.493 e. The van der Waals surface area contributed by atoms with Crippen molar-refractivity contribution in [1.82, 2.24) is 4.90 Å². The quantitative estimate of drug-likeness (QED) is 0.835. The molecular weight excluding hydrogens is 277 g/mol. The van der Waals surface area contributed by atoms with E-state index in [-0.39, 0.29) is 17.2 Å². The lowest BCUT2D eigenvalue weighted by Crippen LogP contribution is -2.36.